The van der Waals surface area contributed by atoms with Crippen molar-refractivity contribution in [3.8, 4) is 22.5 Å². The zero-order valence-electron chi connectivity index (χ0n) is 66.4. The Morgan fingerprint density at radius 3 is 1.29 bits per heavy atom. The molecule has 20 rings (SSSR count). The van der Waals surface area contributed by atoms with E-state index in [1.165, 1.54) is 22.7 Å². The standard InChI is InChI=1S/C78H45BN4OS2/c1-8-24-60-50(17-1)51-18-2-9-25-61(51)80(60)48-36-38-58-66(44-48)82(64-28-15-33-74-76(64)55-22-6-13-31-72(55)85-74)68-42-47(46-35-40-71-57(41-46)54-21-5-12-30-70(54)84-71)43-69-78(68)79(58)59-39-37-49(81-62-26-10-3-19-52(62)53-20-4-11-27-63(53)81)45-67(59)83(69)65-29-16-34-75-77(65)56-23-7-14-32-73(56)86-75/h1-45H/i1D,2D,3D,4D,8D,9D,10D,11D,17D,18D,19D,20D,24D,25D,26D,27D,36D,37D,38D,39D,44D,45D. The molecule has 0 saturated heterocycles. The van der Waals surface area contributed by atoms with E-state index in [0.717, 1.165) is 49.5 Å². The van der Waals surface area contributed by atoms with Crippen molar-refractivity contribution in [2.24, 2.45) is 0 Å². The van der Waals surface area contributed by atoms with Crippen molar-refractivity contribution in [1.29, 1.82) is 0 Å². The molecule has 5 nitrogen and oxygen atoms in total. The zero-order valence-corrected chi connectivity index (χ0v) is 46.0. The lowest BCUT2D eigenvalue weighted by Gasteiger charge is -2.45. The minimum absolute atomic E-state index is 0.136. The van der Waals surface area contributed by atoms with E-state index in [0.29, 0.717) is 61.3 Å². The summed E-state index contributed by atoms with van der Waals surface area (Å²) < 4.78 is 227. The van der Waals surface area contributed by atoms with E-state index < -0.39 is 173 Å². The molecule has 0 N–H and O–H groups in total. The highest BCUT2D eigenvalue weighted by molar-refractivity contribution is 7.26. The van der Waals surface area contributed by atoms with Gasteiger partial charge in [0, 0.05) is 107 Å². The number of aromatic nitrogens is 2. The van der Waals surface area contributed by atoms with Gasteiger partial charge in [-0.3, -0.25) is 0 Å². The van der Waals surface area contributed by atoms with Crippen molar-refractivity contribution in [1.82, 2.24) is 9.13 Å². The average molecular weight is 1150 g/mol. The first-order chi connectivity index (χ1) is 51.8. The van der Waals surface area contributed by atoms with Gasteiger partial charge < -0.3 is 23.4 Å². The second-order valence-electron chi connectivity index (χ2n) is 21.4. The summed E-state index contributed by atoms with van der Waals surface area (Å²) in [6, 6.07) is 28.3. The molecule has 0 radical (unpaired) electrons. The van der Waals surface area contributed by atoms with Gasteiger partial charge in [-0.1, -0.05) is 157 Å². The number of thiophene rings is 2. The van der Waals surface area contributed by atoms with E-state index in [1.807, 2.05) is 149 Å². The van der Waals surface area contributed by atoms with Crippen LogP contribution in [0.4, 0.5) is 34.1 Å². The van der Waals surface area contributed by atoms with Gasteiger partial charge >= 0.3 is 0 Å². The lowest BCUT2D eigenvalue weighted by atomic mass is 9.33. The third-order valence-electron chi connectivity index (χ3n) is 17.0. The van der Waals surface area contributed by atoms with Gasteiger partial charge in [-0.25, -0.2) is 0 Å². The summed E-state index contributed by atoms with van der Waals surface area (Å²) in [4.78, 5) is 3.62. The number of hydrogen-bond donors (Lipinski definition) is 0. The Morgan fingerprint density at radius 2 is 0.779 bits per heavy atom. The third-order valence-corrected chi connectivity index (χ3v) is 19.3. The predicted molar refractivity (Wildman–Crippen MR) is 368 cm³/mol. The van der Waals surface area contributed by atoms with Gasteiger partial charge in [0.1, 0.15) is 11.2 Å². The number of hydrogen-bond acceptors (Lipinski definition) is 5. The van der Waals surface area contributed by atoms with Crippen molar-refractivity contribution in [3.63, 3.8) is 0 Å². The van der Waals surface area contributed by atoms with Crippen LogP contribution in [0.2, 0.25) is 0 Å². The molecule has 0 saturated carbocycles. The van der Waals surface area contributed by atoms with Crippen molar-refractivity contribution in [3.05, 3.63) is 272 Å². The molecule has 0 fully saturated rings. The smallest absolute Gasteiger partial charge is 0.252 e. The second-order valence-corrected chi connectivity index (χ2v) is 23.5. The monoisotopic (exact) mass is 1150 g/mol. The molecule has 0 spiro atoms. The fraction of sp³-hybridized carbons (Fsp3) is 0. The normalized spacial score (nSPS) is 16.6. The highest BCUT2D eigenvalue weighted by atomic mass is 32.1. The molecular weight excluding hydrogens is 1080 g/mol. The lowest BCUT2D eigenvalue weighted by molar-refractivity contribution is 0.669. The fourth-order valence-corrected chi connectivity index (χ4v) is 15.7. The summed E-state index contributed by atoms with van der Waals surface area (Å²) in [5, 5.41) is 3.08. The Labute approximate surface area is 532 Å². The SMILES string of the molecule is [2H]c1c([2H])c(-n2c3c([2H])c([2H])c([2H])c([2H])c3c3c([2H])c([2H])c([2H])c([2H])c32)c([2H])c2c1B1c3c(cc(-c4ccc5oc6ccccc6c5c4)cc3N(c3cccc4sc5ccccc5c34)c3c([2H])c(-n4c5c([2H])c([2H])c([2H])c([2H])c5c5c([2H])c([2H])c([2H])c([2H])c54)c([2H])c([2H])c31)N2c1cccc2sc3ccccc3c12. The summed E-state index contributed by atoms with van der Waals surface area (Å²) in [7, 11) is 0. The van der Waals surface area contributed by atoms with Crippen LogP contribution in [0.25, 0.3) is 128 Å². The molecule has 2 aliphatic rings. The highest BCUT2D eigenvalue weighted by Crippen LogP contribution is 2.53. The largest absolute Gasteiger partial charge is 0.456 e. The van der Waals surface area contributed by atoms with E-state index in [4.69, 9.17) is 15.4 Å². The van der Waals surface area contributed by atoms with Gasteiger partial charge in [-0.15, -0.1) is 22.7 Å². The maximum absolute atomic E-state index is 11.3. The molecule has 0 bridgehead atoms. The van der Waals surface area contributed by atoms with Gasteiger partial charge in [0.15, 0.2) is 0 Å². The first-order valence-corrected chi connectivity index (χ1v) is 29.3. The van der Waals surface area contributed by atoms with Crippen molar-refractivity contribution < 1.29 is 34.6 Å². The van der Waals surface area contributed by atoms with E-state index in [1.54, 1.807) is 0 Å². The quantitative estimate of drug-likeness (QED) is 0.161. The summed E-state index contributed by atoms with van der Waals surface area (Å²) in [5.41, 5.74) is 0.792. The fourth-order valence-electron chi connectivity index (χ4n) is 13.5. The van der Waals surface area contributed by atoms with Crippen molar-refractivity contribution in [2.75, 3.05) is 9.80 Å². The van der Waals surface area contributed by atoms with Crippen LogP contribution in [0.3, 0.4) is 0 Å². The molecule has 0 amide bonds. The number of benzene rings is 13. The average Bonchev–Trinajstić information content (AvgIpc) is 0.966. The molecular formula is C78H45BN4OS2. The van der Waals surface area contributed by atoms with Crippen LogP contribution in [-0.4, -0.2) is 15.8 Å². The van der Waals surface area contributed by atoms with Crippen LogP contribution >= 0.6 is 22.7 Å². The zero-order chi connectivity index (χ0) is 75.0. The van der Waals surface area contributed by atoms with Gasteiger partial charge in [0.25, 0.3) is 6.71 Å². The van der Waals surface area contributed by atoms with Crippen molar-refractivity contribution >= 4 is 186 Å². The maximum Gasteiger partial charge on any atom is 0.252 e. The maximum atomic E-state index is 11.3. The van der Waals surface area contributed by atoms with Crippen LogP contribution in [0.15, 0.2) is 277 Å². The van der Waals surface area contributed by atoms with Crippen LogP contribution in [0.5, 0.6) is 0 Å². The Bertz CT molecular complexity index is 6820. The van der Waals surface area contributed by atoms with Crippen LogP contribution in [0.1, 0.15) is 30.2 Å². The van der Waals surface area contributed by atoms with E-state index >= 15 is 0 Å². The molecule has 2 aliphatic heterocycles. The first kappa shape index (κ1) is 30.8. The molecule has 0 atom stereocenters. The van der Waals surface area contributed by atoms with Gasteiger partial charge in [-0.2, -0.15) is 0 Å². The number of nitrogens with zero attached hydrogens (tertiary/aromatic N) is 4. The number of para-hydroxylation sites is 5. The summed E-state index contributed by atoms with van der Waals surface area (Å²) >= 11 is 2.99. The number of furan rings is 1. The molecule has 398 valence electrons. The summed E-state index contributed by atoms with van der Waals surface area (Å²) in [6.45, 7) is -1.58. The summed E-state index contributed by atoms with van der Waals surface area (Å²) in [6.07, 6.45) is 0. The molecule has 13 aromatic carbocycles. The topological polar surface area (TPSA) is 29.5 Å². The Kier molecular flexibility index (Phi) is 6.25. The third kappa shape index (κ3) is 6.38. The van der Waals surface area contributed by atoms with Gasteiger partial charge in [0.2, 0.25) is 0 Å². The molecule has 0 unspecified atom stereocenters. The van der Waals surface area contributed by atoms with E-state index in [-0.39, 0.29) is 43.8 Å². The van der Waals surface area contributed by atoms with Crippen LogP contribution in [-0.2, 0) is 0 Å². The van der Waals surface area contributed by atoms with Crippen molar-refractivity contribution in [2.45, 2.75) is 0 Å². The Hall–Kier alpha value is -10.6. The first-order valence-electron chi connectivity index (χ1n) is 38.6. The molecule has 8 heteroatoms. The molecule has 86 heavy (non-hydrogen) atoms. The van der Waals surface area contributed by atoms with E-state index in [9.17, 15) is 19.2 Å². The Morgan fingerprint density at radius 1 is 0.337 bits per heavy atom. The minimum atomic E-state index is -1.58. The Balaban J connectivity index is 1.03. The molecule has 5 aromatic heterocycles. The van der Waals surface area contributed by atoms with Gasteiger partial charge in [-0.05, 0) is 143 Å². The van der Waals surface area contributed by atoms with Crippen LogP contribution < -0.4 is 26.2 Å². The summed E-state index contributed by atoms with van der Waals surface area (Å²) in [5.74, 6) is 0. The lowest BCUT2D eigenvalue weighted by Crippen LogP contribution is -2.61. The second kappa shape index (κ2) is 17.5. The molecule has 0 aliphatic carbocycles. The highest BCUT2D eigenvalue weighted by Gasteiger charge is 2.45. The predicted octanol–water partition coefficient (Wildman–Crippen LogP) is 20.3. The minimum Gasteiger partial charge on any atom is -0.456 e. The number of fused-ring (bicyclic) bond motifs is 19. The number of anilines is 6. The molecule has 18 aromatic rings. The van der Waals surface area contributed by atoms with Crippen LogP contribution in [0, 0.1) is 0 Å². The number of rotatable bonds is 5. The van der Waals surface area contributed by atoms with E-state index in [2.05, 4.69) is 0 Å². The molecule has 7 heterocycles. The van der Waals surface area contributed by atoms with Gasteiger partial charge in [0.05, 0.1) is 63.6 Å².